The van der Waals surface area contributed by atoms with Crippen LogP contribution < -0.4 is 9.47 Å². The Hall–Kier alpha value is -3.28. The third-order valence-corrected chi connectivity index (χ3v) is 4.30. The molecule has 0 aliphatic heterocycles. The monoisotopic (exact) mass is 352 g/mol. The molecule has 0 N–H and O–H groups in total. The molecule has 0 heterocycles. The van der Waals surface area contributed by atoms with Crippen LogP contribution in [0.3, 0.4) is 0 Å². The summed E-state index contributed by atoms with van der Waals surface area (Å²) in [4.78, 5) is 47.1. The lowest BCUT2D eigenvalue weighted by atomic mass is 9.84. The molecule has 6 heteroatoms. The molecule has 0 amide bonds. The highest BCUT2D eigenvalue weighted by molar-refractivity contribution is 6.50. The second kappa shape index (κ2) is 6.22. The normalized spacial score (nSPS) is 12.9. The second-order valence-corrected chi connectivity index (χ2v) is 6.07. The average Bonchev–Trinajstić information content (AvgIpc) is 2.55. The van der Waals surface area contributed by atoms with Crippen molar-refractivity contribution in [1.82, 2.24) is 0 Å². The number of benzene rings is 2. The van der Waals surface area contributed by atoms with Crippen LogP contribution in [0.25, 0.3) is 16.8 Å². The summed E-state index contributed by atoms with van der Waals surface area (Å²) in [6.07, 6.45) is 2.81. The molecule has 26 heavy (non-hydrogen) atoms. The largest absolute Gasteiger partial charge is 0.423 e. The van der Waals surface area contributed by atoms with Crippen LogP contribution in [0.15, 0.2) is 18.2 Å². The van der Waals surface area contributed by atoms with E-state index in [4.69, 9.17) is 9.47 Å². The van der Waals surface area contributed by atoms with E-state index in [2.05, 4.69) is 0 Å². The van der Waals surface area contributed by atoms with Gasteiger partial charge in [0.15, 0.2) is 11.5 Å². The SMILES string of the molecule is CC(=O)Oc1ccc2c(C)c3c(c(C)c2c1OC(C)=O)C=CC(=O)C3=O. The Morgan fingerprint density at radius 2 is 1.54 bits per heavy atom. The molecule has 0 bridgehead atoms. The van der Waals surface area contributed by atoms with Gasteiger partial charge in [0, 0.05) is 24.8 Å². The van der Waals surface area contributed by atoms with Gasteiger partial charge in [-0.05, 0) is 54.1 Å². The van der Waals surface area contributed by atoms with Gasteiger partial charge in [-0.3, -0.25) is 19.2 Å². The number of Topliss-reactive ketones (excluding diaryl/α,β-unsaturated/α-hetero) is 1. The van der Waals surface area contributed by atoms with Gasteiger partial charge in [0.2, 0.25) is 11.6 Å². The van der Waals surface area contributed by atoms with Crippen molar-refractivity contribution in [1.29, 1.82) is 0 Å². The fraction of sp³-hybridized carbons (Fsp3) is 0.200. The van der Waals surface area contributed by atoms with E-state index in [0.29, 0.717) is 33.0 Å². The maximum atomic E-state index is 12.4. The predicted octanol–water partition coefficient (Wildman–Crippen LogP) is 3.09. The van der Waals surface area contributed by atoms with Gasteiger partial charge in [-0.15, -0.1) is 0 Å². The lowest BCUT2D eigenvalue weighted by molar-refractivity contribution is -0.134. The smallest absolute Gasteiger partial charge is 0.308 e. The number of rotatable bonds is 2. The minimum atomic E-state index is -0.573. The van der Waals surface area contributed by atoms with E-state index in [1.807, 2.05) is 0 Å². The number of esters is 2. The van der Waals surface area contributed by atoms with Crippen molar-refractivity contribution < 1.29 is 28.7 Å². The lowest BCUT2D eigenvalue weighted by Crippen LogP contribution is -2.19. The Labute approximate surface area is 149 Å². The summed E-state index contributed by atoms with van der Waals surface area (Å²) in [6.45, 7) is 5.99. The van der Waals surface area contributed by atoms with Crippen LogP contribution in [0.1, 0.15) is 40.9 Å². The fourth-order valence-corrected chi connectivity index (χ4v) is 3.25. The van der Waals surface area contributed by atoms with Gasteiger partial charge in [-0.25, -0.2) is 0 Å². The first-order valence-electron chi connectivity index (χ1n) is 7.95. The number of hydrogen-bond acceptors (Lipinski definition) is 6. The van der Waals surface area contributed by atoms with Crippen LogP contribution in [0.2, 0.25) is 0 Å². The van der Waals surface area contributed by atoms with E-state index in [0.717, 1.165) is 0 Å². The number of allylic oxidation sites excluding steroid dienone is 1. The highest BCUT2D eigenvalue weighted by atomic mass is 16.6. The first kappa shape index (κ1) is 17.5. The summed E-state index contributed by atoms with van der Waals surface area (Å²) in [5.74, 6) is -2.02. The predicted molar refractivity (Wildman–Crippen MR) is 94.4 cm³/mol. The number of carbonyl (C=O) groups excluding carboxylic acids is 4. The molecule has 0 radical (unpaired) electrons. The maximum absolute atomic E-state index is 12.4. The first-order valence-corrected chi connectivity index (χ1v) is 7.95. The molecular weight excluding hydrogens is 336 g/mol. The van der Waals surface area contributed by atoms with Crippen LogP contribution in [-0.4, -0.2) is 23.5 Å². The number of carbonyl (C=O) groups is 4. The molecule has 3 rings (SSSR count). The Morgan fingerprint density at radius 1 is 0.885 bits per heavy atom. The molecule has 0 saturated carbocycles. The van der Waals surface area contributed by atoms with Crippen molar-refractivity contribution in [3.8, 4) is 11.5 Å². The molecule has 0 saturated heterocycles. The summed E-state index contributed by atoms with van der Waals surface area (Å²) in [5.41, 5.74) is 2.19. The van der Waals surface area contributed by atoms with Gasteiger partial charge in [-0.2, -0.15) is 0 Å². The standard InChI is InChI=1S/C20H16O6/c1-9-14-6-8-16(25-11(3)21)20(26-12(4)22)18(14)10(2)13-5-7-15(23)19(24)17(9)13/h5-8H,1-4H3. The lowest BCUT2D eigenvalue weighted by Gasteiger charge is -2.20. The Morgan fingerprint density at radius 3 is 2.15 bits per heavy atom. The highest BCUT2D eigenvalue weighted by Gasteiger charge is 2.28. The zero-order chi connectivity index (χ0) is 19.2. The van der Waals surface area contributed by atoms with Gasteiger partial charge < -0.3 is 9.47 Å². The van der Waals surface area contributed by atoms with E-state index in [-0.39, 0.29) is 11.5 Å². The third-order valence-electron chi connectivity index (χ3n) is 4.30. The number of ether oxygens (including phenoxy) is 2. The van der Waals surface area contributed by atoms with Crippen molar-refractivity contribution >= 4 is 40.4 Å². The number of hydrogen-bond donors (Lipinski definition) is 0. The molecule has 0 unspecified atom stereocenters. The second-order valence-electron chi connectivity index (χ2n) is 6.07. The molecule has 2 aromatic carbocycles. The highest BCUT2D eigenvalue weighted by Crippen LogP contribution is 2.43. The van der Waals surface area contributed by atoms with Gasteiger partial charge in [0.25, 0.3) is 0 Å². The molecule has 2 aromatic rings. The first-order chi connectivity index (χ1) is 12.2. The summed E-state index contributed by atoms with van der Waals surface area (Å²) < 4.78 is 10.5. The molecule has 0 fully saturated rings. The van der Waals surface area contributed by atoms with Crippen molar-refractivity contribution in [3.63, 3.8) is 0 Å². The molecule has 0 spiro atoms. The van der Waals surface area contributed by atoms with Gasteiger partial charge in [-0.1, -0.05) is 6.07 Å². The van der Waals surface area contributed by atoms with Crippen LogP contribution in [0.4, 0.5) is 0 Å². The van der Waals surface area contributed by atoms with Crippen molar-refractivity contribution in [3.05, 3.63) is 40.5 Å². The minimum Gasteiger partial charge on any atom is -0.423 e. The van der Waals surface area contributed by atoms with E-state index in [1.54, 1.807) is 26.0 Å². The maximum Gasteiger partial charge on any atom is 0.308 e. The van der Waals surface area contributed by atoms with Crippen LogP contribution in [-0.2, 0) is 14.4 Å². The number of fused-ring (bicyclic) bond motifs is 2. The molecule has 1 aliphatic carbocycles. The molecule has 132 valence electrons. The third kappa shape index (κ3) is 2.69. The van der Waals surface area contributed by atoms with E-state index in [1.165, 1.54) is 26.0 Å². The zero-order valence-electron chi connectivity index (χ0n) is 14.8. The van der Waals surface area contributed by atoms with E-state index in [9.17, 15) is 19.2 Å². The van der Waals surface area contributed by atoms with Gasteiger partial charge in [0.1, 0.15) is 0 Å². The molecule has 0 atom stereocenters. The van der Waals surface area contributed by atoms with Crippen LogP contribution >= 0.6 is 0 Å². The zero-order valence-corrected chi connectivity index (χ0v) is 14.8. The van der Waals surface area contributed by atoms with E-state index < -0.39 is 23.5 Å². The van der Waals surface area contributed by atoms with Crippen molar-refractivity contribution in [2.75, 3.05) is 0 Å². The summed E-state index contributed by atoms with van der Waals surface area (Å²) in [5, 5.41) is 1.20. The van der Waals surface area contributed by atoms with Gasteiger partial charge in [0.05, 0.1) is 0 Å². The summed E-state index contributed by atoms with van der Waals surface area (Å²) >= 11 is 0. The Kier molecular flexibility index (Phi) is 4.20. The minimum absolute atomic E-state index is 0.116. The van der Waals surface area contributed by atoms with Crippen LogP contribution in [0.5, 0.6) is 11.5 Å². The summed E-state index contributed by atoms with van der Waals surface area (Å²) in [6, 6.07) is 3.19. The van der Waals surface area contributed by atoms with E-state index >= 15 is 0 Å². The quantitative estimate of drug-likeness (QED) is 0.469. The van der Waals surface area contributed by atoms with Crippen LogP contribution in [0, 0.1) is 13.8 Å². The molecular formula is C20H16O6. The Balaban J connectivity index is 2.45. The molecule has 0 aromatic heterocycles. The average molecular weight is 352 g/mol. The molecule has 6 nitrogen and oxygen atoms in total. The topological polar surface area (TPSA) is 86.7 Å². The fourth-order valence-electron chi connectivity index (χ4n) is 3.25. The number of aryl methyl sites for hydroxylation is 2. The number of ketones is 2. The summed E-state index contributed by atoms with van der Waals surface area (Å²) in [7, 11) is 0. The van der Waals surface area contributed by atoms with Gasteiger partial charge >= 0.3 is 11.9 Å². The van der Waals surface area contributed by atoms with Crippen molar-refractivity contribution in [2.45, 2.75) is 27.7 Å². The van der Waals surface area contributed by atoms with Crippen molar-refractivity contribution in [2.24, 2.45) is 0 Å². The molecule has 1 aliphatic rings. The Bertz CT molecular complexity index is 1040.